The normalized spacial score (nSPS) is 14.1. The van der Waals surface area contributed by atoms with Crippen molar-refractivity contribution in [3.05, 3.63) is 76.5 Å². The molecular weight excluding hydrogens is 387 g/mol. The van der Waals surface area contributed by atoms with E-state index in [2.05, 4.69) is 27.3 Å². The molecule has 7 heteroatoms. The number of thiazole rings is 1. The number of hydrogen-bond donors (Lipinski definition) is 1. The second kappa shape index (κ2) is 8.61. The van der Waals surface area contributed by atoms with Crippen LogP contribution in [0.1, 0.15) is 16.0 Å². The van der Waals surface area contributed by atoms with Crippen molar-refractivity contribution in [3.8, 4) is 0 Å². The van der Waals surface area contributed by atoms with Gasteiger partial charge in [-0.15, -0.1) is 11.3 Å². The Labute approximate surface area is 173 Å². The SMILES string of the molecule is Cc1ccc(Cc2cnc(NC(=O)N3CCN(c4ccccc4)CC3)s2)cc1F. The molecule has 0 bridgehead atoms. The van der Waals surface area contributed by atoms with Gasteiger partial charge in [0.2, 0.25) is 0 Å². The summed E-state index contributed by atoms with van der Waals surface area (Å²) in [5.41, 5.74) is 2.72. The highest BCUT2D eigenvalue weighted by molar-refractivity contribution is 7.15. The fraction of sp³-hybridized carbons (Fsp3) is 0.273. The van der Waals surface area contributed by atoms with E-state index in [0.29, 0.717) is 30.2 Å². The lowest BCUT2D eigenvalue weighted by atomic mass is 10.1. The van der Waals surface area contributed by atoms with Crippen LogP contribution in [0, 0.1) is 12.7 Å². The van der Waals surface area contributed by atoms with Gasteiger partial charge in [0.1, 0.15) is 5.82 Å². The van der Waals surface area contributed by atoms with E-state index in [-0.39, 0.29) is 11.8 Å². The molecule has 0 spiro atoms. The van der Waals surface area contributed by atoms with Crippen LogP contribution in [0.3, 0.4) is 0 Å². The van der Waals surface area contributed by atoms with Crippen molar-refractivity contribution in [1.29, 1.82) is 0 Å². The Morgan fingerprint density at radius 1 is 1.14 bits per heavy atom. The molecule has 1 N–H and O–H groups in total. The molecule has 2 amide bonds. The number of carbonyl (C=O) groups excluding carboxylic acids is 1. The number of carbonyl (C=O) groups is 1. The zero-order chi connectivity index (χ0) is 20.2. The zero-order valence-electron chi connectivity index (χ0n) is 16.3. The maximum Gasteiger partial charge on any atom is 0.323 e. The van der Waals surface area contributed by atoms with Crippen molar-refractivity contribution in [1.82, 2.24) is 9.88 Å². The van der Waals surface area contributed by atoms with Gasteiger partial charge < -0.3 is 9.80 Å². The Morgan fingerprint density at radius 3 is 2.62 bits per heavy atom. The molecule has 1 aliphatic rings. The Balaban J connectivity index is 1.31. The molecule has 1 fully saturated rings. The van der Waals surface area contributed by atoms with Crippen molar-refractivity contribution in [2.75, 3.05) is 36.4 Å². The van der Waals surface area contributed by atoms with Gasteiger partial charge in [-0.25, -0.2) is 14.2 Å². The Bertz CT molecular complexity index is 983. The molecule has 0 saturated carbocycles. The van der Waals surface area contributed by atoms with Crippen LogP contribution in [0.2, 0.25) is 0 Å². The number of anilines is 2. The Hall–Kier alpha value is -2.93. The highest BCUT2D eigenvalue weighted by atomic mass is 32.1. The second-order valence-corrected chi connectivity index (χ2v) is 8.25. The smallest absolute Gasteiger partial charge is 0.323 e. The van der Waals surface area contributed by atoms with Gasteiger partial charge in [0.05, 0.1) is 0 Å². The van der Waals surface area contributed by atoms with Gasteiger partial charge in [0.25, 0.3) is 0 Å². The van der Waals surface area contributed by atoms with E-state index in [4.69, 9.17) is 0 Å². The minimum absolute atomic E-state index is 0.125. The van der Waals surface area contributed by atoms with Gasteiger partial charge in [0.15, 0.2) is 5.13 Å². The summed E-state index contributed by atoms with van der Waals surface area (Å²) < 4.78 is 13.7. The van der Waals surface area contributed by atoms with Crippen LogP contribution in [0.4, 0.5) is 20.0 Å². The maximum absolute atomic E-state index is 13.7. The van der Waals surface area contributed by atoms with E-state index in [9.17, 15) is 9.18 Å². The number of hydrogen-bond acceptors (Lipinski definition) is 4. The predicted octanol–water partition coefficient (Wildman–Crippen LogP) is 4.54. The molecule has 1 saturated heterocycles. The van der Waals surface area contributed by atoms with Crippen LogP contribution in [-0.4, -0.2) is 42.1 Å². The largest absolute Gasteiger partial charge is 0.368 e. The van der Waals surface area contributed by atoms with E-state index in [0.717, 1.165) is 23.5 Å². The first-order chi connectivity index (χ1) is 14.1. The van der Waals surface area contributed by atoms with Crippen LogP contribution in [-0.2, 0) is 6.42 Å². The second-order valence-electron chi connectivity index (χ2n) is 7.13. The Morgan fingerprint density at radius 2 is 1.90 bits per heavy atom. The van der Waals surface area contributed by atoms with E-state index < -0.39 is 0 Å². The molecule has 1 aliphatic heterocycles. The van der Waals surface area contributed by atoms with Crippen molar-refractivity contribution in [2.45, 2.75) is 13.3 Å². The molecule has 2 aromatic carbocycles. The number of para-hydroxylation sites is 1. The van der Waals surface area contributed by atoms with Crippen molar-refractivity contribution in [2.24, 2.45) is 0 Å². The van der Waals surface area contributed by atoms with Crippen LogP contribution < -0.4 is 10.2 Å². The highest BCUT2D eigenvalue weighted by Gasteiger charge is 2.22. The zero-order valence-corrected chi connectivity index (χ0v) is 17.1. The summed E-state index contributed by atoms with van der Waals surface area (Å²) in [5, 5.41) is 3.47. The van der Waals surface area contributed by atoms with Gasteiger partial charge >= 0.3 is 6.03 Å². The minimum Gasteiger partial charge on any atom is -0.368 e. The van der Waals surface area contributed by atoms with E-state index in [1.807, 2.05) is 29.2 Å². The molecule has 0 aliphatic carbocycles. The number of halogens is 1. The molecule has 4 rings (SSSR count). The minimum atomic E-state index is -0.199. The van der Waals surface area contributed by atoms with E-state index >= 15 is 0 Å². The highest BCUT2D eigenvalue weighted by Crippen LogP contribution is 2.23. The monoisotopic (exact) mass is 410 g/mol. The van der Waals surface area contributed by atoms with Gasteiger partial charge in [-0.1, -0.05) is 30.3 Å². The van der Waals surface area contributed by atoms with Gasteiger partial charge in [-0.05, 0) is 36.2 Å². The quantitative estimate of drug-likeness (QED) is 0.687. The summed E-state index contributed by atoms with van der Waals surface area (Å²) in [7, 11) is 0. The summed E-state index contributed by atoms with van der Waals surface area (Å²) in [6, 6.07) is 15.4. The fourth-order valence-electron chi connectivity index (χ4n) is 3.37. The number of nitrogens with zero attached hydrogens (tertiary/aromatic N) is 3. The van der Waals surface area contributed by atoms with Gasteiger partial charge in [0, 0.05) is 49.4 Å². The molecule has 29 heavy (non-hydrogen) atoms. The molecule has 0 radical (unpaired) electrons. The summed E-state index contributed by atoms with van der Waals surface area (Å²) in [4.78, 5) is 22.0. The lowest BCUT2D eigenvalue weighted by molar-refractivity contribution is 0.208. The number of benzene rings is 2. The van der Waals surface area contributed by atoms with Crippen molar-refractivity contribution >= 4 is 28.2 Å². The van der Waals surface area contributed by atoms with Gasteiger partial charge in [-0.2, -0.15) is 0 Å². The van der Waals surface area contributed by atoms with Crippen molar-refractivity contribution < 1.29 is 9.18 Å². The molecule has 3 aromatic rings. The number of aryl methyl sites for hydroxylation is 1. The number of piperazine rings is 1. The third-order valence-corrected chi connectivity index (χ3v) is 5.98. The summed E-state index contributed by atoms with van der Waals surface area (Å²) in [5.74, 6) is -0.199. The lowest BCUT2D eigenvalue weighted by Crippen LogP contribution is -2.50. The van der Waals surface area contributed by atoms with E-state index in [1.54, 1.807) is 25.3 Å². The first kappa shape index (κ1) is 19.4. The van der Waals surface area contributed by atoms with E-state index in [1.165, 1.54) is 17.0 Å². The predicted molar refractivity (Wildman–Crippen MR) is 115 cm³/mol. The lowest BCUT2D eigenvalue weighted by Gasteiger charge is -2.35. The average Bonchev–Trinajstić information content (AvgIpc) is 3.18. The van der Waals surface area contributed by atoms with Crippen LogP contribution in [0.15, 0.2) is 54.7 Å². The molecule has 0 atom stereocenters. The summed E-state index contributed by atoms with van der Waals surface area (Å²) in [6.45, 7) is 4.70. The number of urea groups is 1. The van der Waals surface area contributed by atoms with Crippen LogP contribution in [0.25, 0.3) is 0 Å². The first-order valence-electron chi connectivity index (χ1n) is 9.64. The average molecular weight is 411 g/mol. The maximum atomic E-state index is 13.7. The number of amides is 2. The van der Waals surface area contributed by atoms with Crippen LogP contribution in [0.5, 0.6) is 0 Å². The Kier molecular flexibility index (Phi) is 5.76. The number of nitrogens with one attached hydrogen (secondary N) is 1. The standard InChI is InChI=1S/C22H23FN4OS/c1-16-7-8-17(14-20(16)23)13-19-15-24-21(29-19)25-22(28)27-11-9-26(10-12-27)18-5-3-2-4-6-18/h2-8,14-15H,9-13H2,1H3,(H,24,25,28). The molecule has 2 heterocycles. The molecule has 1 aromatic heterocycles. The molecular formula is C22H23FN4OS. The summed E-state index contributed by atoms with van der Waals surface area (Å²) >= 11 is 1.42. The number of aromatic nitrogens is 1. The first-order valence-corrected chi connectivity index (χ1v) is 10.5. The van der Waals surface area contributed by atoms with Crippen LogP contribution >= 0.6 is 11.3 Å². The topological polar surface area (TPSA) is 48.5 Å². The molecule has 0 unspecified atom stereocenters. The van der Waals surface area contributed by atoms with Gasteiger partial charge in [-0.3, -0.25) is 5.32 Å². The number of rotatable bonds is 4. The third-order valence-electron chi connectivity index (χ3n) is 5.07. The third kappa shape index (κ3) is 4.74. The van der Waals surface area contributed by atoms with Crippen molar-refractivity contribution in [3.63, 3.8) is 0 Å². The molecule has 5 nitrogen and oxygen atoms in total. The fourth-order valence-corrected chi connectivity index (χ4v) is 4.21. The molecule has 150 valence electrons. The summed E-state index contributed by atoms with van der Waals surface area (Å²) in [6.07, 6.45) is 2.34.